The Kier molecular flexibility index (Phi) is 3.50. The first kappa shape index (κ1) is 11.9. The van der Waals surface area contributed by atoms with E-state index in [1.165, 1.54) is 7.11 Å². The summed E-state index contributed by atoms with van der Waals surface area (Å²) in [7, 11) is 1.47. The van der Waals surface area contributed by atoms with Gasteiger partial charge in [0.15, 0.2) is 0 Å². The number of ether oxygens (including phenoxy) is 2. The van der Waals surface area contributed by atoms with Gasteiger partial charge in [0.2, 0.25) is 0 Å². The number of likely N-dealkylation sites (tertiary alicyclic amines) is 1. The Bertz CT molecular complexity index is 261. The average Bonchev–Trinajstić information content (AvgIpc) is 2.25. The van der Waals surface area contributed by atoms with E-state index in [1.54, 1.807) is 0 Å². The summed E-state index contributed by atoms with van der Waals surface area (Å²) in [5.41, 5.74) is 0.310. The molecule has 0 aliphatic carbocycles. The van der Waals surface area contributed by atoms with E-state index in [0.717, 1.165) is 45.6 Å². The highest BCUT2D eigenvalue weighted by Gasteiger charge is 2.39. The van der Waals surface area contributed by atoms with E-state index in [-0.39, 0.29) is 12.0 Å². The Morgan fingerprint density at radius 3 is 2.69 bits per heavy atom. The van der Waals surface area contributed by atoms with Gasteiger partial charge in [-0.05, 0) is 24.7 Å². The first-order chi connectivity index (χ1) is 7.64. The molecule has 0 aromatic carbocycles. The third-order valence-electron chi connectivity index (χ3n) is 3.89. The lowest BCUT2D eigenvalue weighted by atomic mass is 9.80. The van der Waals surface area contributed by atoms with Gasteiger partial charge >= 0.3 is 5.97 Å². The van der Waals surface area contributed by atoms with Crippen molar-refractivity contribution in [2.24, 2.45) is 5.41 Å². The lowest BCUT2D eigenvalue weighted by Gasteiger charge is -2.45. The molecule has 4 heteroatoms. The second-order valence-electron chi connectivity index (χ2n) is 5.22. The molecule has 1 atom stereocenters. The van der Waals surface area contributed by atoms with Crippen molar-refractivity contribution in [1.29, 1.82) is 0 Å². The van der Waals surface area contributed by atoms with Crippen molar-refractivity contribution >= 4 is 5.97 Å². The molecule has 1 unspecified atom stereocenters. The van der Waals surface area contributed by atoms with Gasteiger partial charge in [-0.3, -0.25) is 9.69 Å². The highest BCUT2D eigenvalue weighted by atomic mass is 16.5. The highest BCUT2D eigenvalue weighted by molar-refractivity contribution is 5.76. The largest absolute Gasteiger partial charge is 0.468 e. The molecule has 0 N–H and O–H groups in total. The van der Waals surface area contributed by atoms with Crippen LogP contribution in [-0.4, -0.2) is 50.3 Å². The van der Waals surface area contributed by atoms with Crippen LogP contribution in [0.3, 0.4) is 0 Å². The maximum Gasteiger partial charge on any atom is 0.323 e. The summed E-state index contributed by atoms with van der Waals surface area (Å²) in [6, 6.07) is 0.00432. The fourth-order valence-corrected chi connectivity index (χ4v) is 2.55. The van der Waals surface area contributed by atoms with Gasteiger partial charge in [-0.25, -0.2) is 0 Å². The minimum atomic E-state index is -0.0816. The third kappa shape index (κ3) is 2.38. The van der Waals surface area contributed by atoms with Crippen molar-refractivity contribution in [3.63, 3.8) is 0 Å². The summed E-state index contributed by atoms with van der Waals surface area (Å²) < 4.78 is 10.2. The molecule has 2 heterocycles. The van der Waals surface area contributed by atoms with Gasteiger partial charge in [0.1, 0.15) is 6.04 Å². The molecule has 16 heavy (non-hydrogen) atoms. The molecule has 92 valence electrons. The molecule has 2 fully saturated rings. The van der Waals surface area contributed by atoms with E-state index >= 15 is 0 Å². The van der Waals surface area contributed by atoms with Crippen LogP contribution in [0.5, 0.6) is 0 Å². The SMILES string of the molecule is COC(=O)C1CCN1CC1(C)CCOCC1. The lowest BCUT2D eigenvalue weighted by Crippen LogP contribution is -2.56. The zero-order valence-electron chi connectivity index (χ0n) is 10.2. The summed E-state index contributed by atoms with van der Waals surface area (Å²) in [6.07, 6.45) is 3.13. The lowest BCUT2D eigenvalue weighted by molar-refractivity contribution is -0.153. The van der Waals surface area contributed by atoms with Crippen LogP contribution in [-0.2, 0) is 14.3 Å². The maximum atomic E-state index is 11.5. The van der Waals surface area contributed by atoms with Crippen LogP contribution in [0.15, 0.2) is 0 Å². The molecule has 0 aromatic heterocycles. The predicted molar refractivity (Wildman–Crippen MR) is 60.2 cm³/mol. The molecule has 2 aliphatic rings. The standard InChI is InChI=1S/C12H21NO3/c1-12(4-7-16-8-5-12)9-13-6-3-10(13)11(14)15-2/h10H,3-9H2,1-2H3. The van der Waals surface area contributed by atoms with E-state index in [4.69, 9.17) is 9.47 Å². The number of rotatable bonds is 3. The maximum absolute atomic E-state index is 11.5. The Morgan fingerprint density at radius 1 is 1.50 bits per heavy atom. The third-order valence-corrected chi connectivity index (χ3v) is 3.89. The molecule has 0 aromatic rings. The van der Waals surface area contributed by atoms with E-state index in [2.05, 4.69) is 11.8 Å². The fourth-order valence-electron chi connectivity index (χ4n) is 2.55. The number of carbonyl (C=O) groups excluding carboxylic acids is 1. The molecule has 0 saturated carbocycles. The molecule has 0 spiro atoms. The molecule has 0 amide bonds. The van der Waals surface area contributed by atoms with Crippen LogP contribution >= 0.6 is 0 Å². The molecular weight excluding hydrogens is 206 g/mol. The van der Waals surface area contributed by atoms with Crippen LogP contribution < -0.4 is 0 Å². The summed E-state index contributed by atoms with van der Waals surface area (Å²) >= 11 is 0. The number of methoxy groups -OCH3 is 1. The first-order valence-corrected chi connectivity index (χ1v) is 6.04. The monoisotopic (exact) mass is 227 g/mol. The van der Waals surface area contributed by atoms with E-state index in [0.29, 0.717) is 5.41 Å². The van der Waals surface area contributed by atoms with Crippen LogP contribution in [0.1, 0.15) is 26.2 Å². The van der Waals surface area contributed by atoms with Crippen molar-refractivity contribution < 1.29 is 14.3 Å². The molecule has 2 saturated heterocycles. The van der Waals surface area contributed by atoms with Crippen molar-refractivity contribution in [2.75, 3.05) is 33.4 Å². The minimum Gasteiger partial charge on any atom is -0.468 e. The predicted octanol–water partition coefficient (Wildman–Crippen LogP) is 1.05. The van der Waals surface area contributed by atoms with Gasteiger partial charge in [-0.15, -0.1) is 0 Å². The van der Waals surface area contributed by atoms with Gasteiger partial charge in [-0.1, -0.05) is 6.92 Å². The molecule has 4 nitrogen and oxygen atoms in total. The Hall–Kier alpha value is -0.610. The zero-order chi connectivity index (χ0) is 11.6. The van der Waals surface area contributed by atoms with Crippen molar-refractivity contribution in [2.45, 2.75) is 32.2 Å². The summed E-state index contributed by atoms with van der Waals surface area (Å²) in [5, 5.41) is 0. The number of esters is 1. The Morgan fingerprint density at radius 2 is 2.19 bits per heavy atom. The zero-order valence-corrected chi connectivity index (χ0v) is 10.2. The molecule has 0 bridgehead atoms. The number of nitrogens with zero attached hydrogens (tertiary/aromatic N) is 1. The van der Waals surface area contributed by atoms with Crippen molar-refractivity contribution in [3.8, 4) is 0 Å². The van der Waals surface area contributed by atoms with Gasteiger partial charge in [0.05, 0.1) is 7.11 Å². The smallest absolute Gasteiger partial charge is 0.323 e. The number of carbonyl (C=O) groups is 1. The summed E-state index contributed by atoms with van der Waals surface area (Å²) in [6.45, 7) is 6.02. The molecule has 2 rings (SSSR count). The highest BCUT2D eigenvalue weighted by Crippen LogP contribution is 2.33. The van der Waals surface area contributed by atoms with Crippen molar-refractivity contribution in [3.05, 3.63) is 0 Å². The van der Waals surface area contributed by atoms with Gasteiger partial charge in [0.25, 0.3) is 0 Å². The topological polar surface area (TPSA) is 38.8 Å². The van der Waals surface area contributed by atoms with Gasteiger partial charge in [-0.2, -0.15) is 0 Å². The van der Waals surface area contributed by atoms with E-state index < -0.39 is 0 Å². The number of hydrogen-bond donors (Lipinski definition) is 0. The minimum absolute atomic E-state index is 0.00432. The van der Waals surface area contributed by atoms with Crippen molar-refractivity contribution in [1.82, 2.24) is 4.90 Å². The van der Waals surface area contributed by atoms with Crippen LogP contribution in [0, 0.1) is 5.41 Å². The van der Waals surface area contributed by atoms with E-state index in [9.17, 15) is 4.79 Å². The molecular formula is C12H21NO3. The van der Waals surface area contributed by atoms with Gasteiger partial charge in [0, 0.05) is 26.3 Å². The normalized spacial score (nSPS) is 29.5. The summed E-state index contributed by atoms with van der Waals surface area (Å²) in [5.74, 6) is -0.0816. The van der Waals surface area contributed by atoms with Crippen LogP contribution in [0.2, 0.25) is 0 Å². The summed E-state index contributed by atoms with van der Waals surface area (Å²) in [4.78, 5) is 13.7. The number of hydrogen-bond acceptors (Lipinski definition) is 4. The average molecular weight is 227 g/mol. The first-order valence-electron chi connectivity index (χ1n) is 6.04. The Balaban J connectivity index is 1.87. The molecule has 2 aliphatic heterocycles. The van der Waals surface area contributed by atoms with Gasteiger partial charge < -0.3 is 9.47 Å². The van der Waals surface area contributed by atoms with Crippen LogP contribution in [0.25, 0.3) is 0 Å². The second kappa shape index (κ2) is 4.72. The quantitative estimate of drug-likeness (QED) is 0.676. The van der Waals surface area contributed by atoms with Crippen LogP contribution in [0.4, 0.5) is 0 Å². The van der Waals surface area contributed by atoms with E-state index in [1.807, 2.05) is 0 Å². The Labute approximate surface area is 96.9 Å². The molecule has 0 radical (unpaired) electrons. The second-order valence-corrected chi connectivity index (χ2v) is 5.22. The fraction of sp³-hybridized carbons (Fsp3) is 0.917.